The zero-order chi connectivity index (χ0) is 12.8. The second kappa shape index (κ2) is 6.36. The molecular formula is C17H21N. The molecule has 1 heteroatoms. The van der Waals surface area contributed by atoms with E-state index in [9.17, 15) is 0 Å². The zero-order valence-corrected chi connectivity index (χ0v) is 11.1. The van der Waals surface area contributed by atoms with Gasteiger partial charge in [0.1, 0.15) is 0 Å². The zero-order valence-electron chi connectivity index (χ0n) is 11.1. The second-order valence-corrected chi connectivity index (χ2v) is 4.73. The molecule has 0 radical (unpaired) electrons. The summed E-state index contributed by atoms with van der Waals surface area (Å²) in [4.78, 5) is 0. The average Bonchev–Trinajstić information content (AvgIpc) is 2.46. The number of hydrogen-bond donors (Lipinski definition) is 1. The van der Waals surface area contributed by atoms with Crippen LogP contribution >= 0.6 is 0 Å². The van der Waals surface area contributed by atoms with Gasteiger partial charge in [0.05, 0.1) is 6.04 Å². The highest BCUT2D eigenvalue weighted by atomic mass is 14.9. The summed E-state index contributed by atoms with van der Waals surface area (Å²) >= 11 is 0. The molecule has 1 N–H and O–H groups in total. The second-order valence-electron chi connectivity index (χ2n) is 4.73. The van der Waals surface area contributed by atoms with Gasteiger partial charge in [0.2, 0.25) is 0 Å². The number of benzene rings is 2. The normalized spacial score (nSPS) is 12.6. The first-order valence-corrected chi connectivity index (χ1v) is 6.67. The molecule has 0 aliphatic carbocycles. The highest BCUT2D eigenvalue weighted by Gasteiger charge is 2.14. The minimum Gasteiger partial charge on any atom is -0.304 e. The molecule has 18 heavy (non-hydrogen) atoms. The van der Waals surface area contributed by atoms with Gasteiger partial charge in [0.25, 0.3) is 0 Å². The molecule has 0 bridgehead atoms. The van der Waals surface area contributed by atoms with E-state index in [1.807, 2.05) is 0 Å². The van der Waals surface area contributed by atoms with Crippen molar-refractivity contribution in [3.8, 4) is 0 Å². The van der Waals surface area contributed by atoms with E-state index in [-0.39, 0.29) is 6.04 Å². The Bertz CT molecular complexity index is 410. The van der Waals surface area contributed by atoms with Crippen LogP contribution in [-0.4, -0.2) is 6.04 Å². The van der Waals surface area contributed by atoms with Crippen LogP contribution < -0.4 is 5.32 Å². The van der Waals surface area contributed by atoms with E-state index in [0.717, 1.165) is 6.42 Å². The van der Waals surface area contributed by atoms with Gasteiger partial charge < -0.3 is 5.32 Å². The first kappa shape index (κ1) is 12.8. The van der Waals surface area contributed by atoms with Crippen LogP contribution in [0.3, 0.4) is 0 Å². The minimum atomic E-state index is 0.280. The number of hydrogen-bond acceptors (Lipinski definition) is 1. The fourth-order valence-corrected chi connectivity index (χ4v) is 2.08. The average molecular weight is 239 g/mol. The summed E-state index contributed by atoms with van der Waals surface area (Å²) < 4.78 is 0. The third-order valence-electron chi connectivity index (χ3n) is 3.33. The molecule has 2 rings (SSSR count). The minimum absolute atomic E-state index is 0.280. The van der Waals surface area contributed by atoms with Crippen LogP contribution in [0.2, 0.25) is 0 Å². The van der Waals surface area contributed by atoms with E-state index in [2.05, 4.69) is 79.8 Å². The maximum Gasteiger partial charge on any atom is 0.0578 e. The van der Waals surface area contributed by atoms with E-state index < -0.39 is 0 Å². The summed E-state index contributed by atoms with van der Waals surface area (Å²) in [6.45, 7) is 4.45. The Morgan fingerprint density at radius 2 is 1.28 bits per heavy atom. The summed E-state index contributed by atoms with van der Waals surface area (Å²) in [6.07, 6.45) is 1.14. The van der Waals surface area contributed by atoms with Crippen molar-refractivity contribution in [3.63, 3.8) is 0 Å². The van der Waals surface area contributed by atoms with Gasteiger partial charge in [0, 0.05) is 6.04 Å². The van der Waals surface area contributed by atoms with Gasteiger partial charge >= 0.3 is 0 Å². The summed E-state index contributed by atoms with van der Waals surface area (Å²) in [5, 5.41) is 3.70. The fourth-order valence-electron chi connectivity index (χ4n) is 2.08. The van der Waals surface area contributed by atoms with Gasteiger partial charge in [-0.15, -0.1) is 0 Å². The Balaban J connectivity index is 2.29. The fraction of sp³-hybridized carbons (Fsp3) is 0.294. The van der Waals surface area contributed by atoms with Crippen molar-refractivity contribution in [1.82, 2.24) is 5.32 Å². The molecule has 1 nitrogen and oxygen atoms in total. The predicted molar refractivity (Wildman–Crippen MR) is 77.6 cm³/mol. The van der Waals surface area contributed by atoms with E-state index in [1.165, 1.54) is 11.1 Å². The molecular weight excluding hydrogens is 218 g/mol. The molecule has 0 amide bonds. The predicted octanol–water partition coefficient (Wildman–Crippen LogP) is 4.16. The standard InChI is InChI=1S/C17H21N/c1-3-14(2)18-17(15-10-6-4-7-11-15)16-12-8-5-9-13-16/h4-14,17-18H,3H2,1-2H3/t14-/m0/s1. The van der Waals surface area contributed by atoms with Crippen molar-refractivity contribution in [2.45, 2.75) is 32.4 Å². The summed E-state index contributed by atoms with van der Waals surface area (Å²) in [5.41, 5.74) is 2.65. The van der Waals surface area contributed by atoms with Crippen LogP contribution in [-0.2, 0) is 0 Å². The molecule has 2 aromatic rings. The molecule has 0 aromatic heterocycles. The van der Waals surface area contributed by atoms with Crippen LogP contribution in [0.5, 0.6) is 0 Å². The van der Waals surface area contributed by atoms with Gasteiger partial charge in [-0.3, -0.25) is 0 Å². The Kier molecular flexibility index (Phi) is 4.54. The van der Waals surface area contributed by atoms with Gasteiger partial charge in [-0.25, -0.2) is 0 Å². The SMILES string of the molecule is CC[C@H](C)NC(c1ccccc1)c1ccccc1. The third kappa shape index (κ3) is 3.21. The van der Waals surface area contributed by atoms with Crippen molar-refractivity contribution in [1.29, 1.82) is 0 Å². The molecule has 1 atom stereocenters. The summed E-state index contributed by atoms with van der Waals surface area (Å²) in [5.74, 6) is 0. The summed E-state index contributed by atoms with van der Waals surface area (Å²) in [6, 6.07) is 22.1. The Morgan fingerprint density at radius 1 is 0.833 bits per heavy atom. The molecule has 0 heterocycles. The first-order valence-electron chi connectivity index (χ1n) is 6.67. The van der Waals surface area contributed by atoms with Crippen LogP contribution in [0, 0.1) is 0 Å². The first-order chi connectivity index (χ1) is 8.81. The smallest absolute Gasteiger partial charge is 0.0578 e. The van der Waals surface area contributed by atoms with Crippen LogP contribution in [0.25, 0.3) is 0 Å². The maximum absolute atomic E-state index is 3.70. The number of nitrogens with one attached hydrogen (secondary N) is 1. The van der Waals surface area contributed by atoms with E-state index >= 15 is 0 Å². The van der Waals surface area contributed by atoms with Crippen molar-refractivity contribution >= 4 is 0 Å². The largest absolute Gasteiger partial charge is 0.304 e. The van der Waals surface area contributed by atoms with Crippen LogP contribution in [0.1, 0.15) is 37.4 Å². The van der Waals surface area contributed by atoms with E-state index in [4.69, 9.17) is 0 Å². The molecule has 0 aliphatic rings. The Labute approximate surface area is 110 Å². The third-order valence-corrected chi connectivity index (χ3v) is 3.33. The van der Waals surface area contributed by atoms with Gasteiger partial charge in [-0.2, -0.15) is 0 Å². The highest BCUT2D eigenvalue weighted by Crippen LogP contribution is 2.22. The van der Waals surface area contributed by atoms with Crippen molar-refractivity contribution in [3.05, 3.63) is 71.8 Å². The monoisotopic (exact) mass is 239 g/mol. The highest BCUT2D eigenvalue weighted by molar-refractivity contribution is 5.31. The van der Waals surface area contributed by atoms with Crippen molar-refractivity contribution < 1.29 is 0 Å². The maximum atomic E-state index is 3.70. The quantitative estimate of drug-likeness (QED) is 0.826. The lowest BCUT2D eigenvalue weighted by molar-refractivity contribution is 0.487. The molecule has 0 saturated heterocycles. The Morgan fingerprint density at radius 3 is 1.67 bits per heavy atom. The van der Waals surface area contributed by atoms with Gasteiger partial charge in [0.15, 0.2) is 0 Å². The lowest BCUT2D eigenvalue weighted by atomic mass is 9.98. The lowest BCUT2D eigenvalue weighted by Crippen LogP contribution is -2.30. The molecule has 94 valence electrons. The molecule has 0 unspecified atom stereocenters. The number of rotatable bonds is 5. The van der Waals surface area contributed by atoms with Gasteiger partial charge in [-0.05, 0) is 24.5 Å². The van der Waals surface area contributed by atoms with E-state index in [1.54, 1.807) is 0 Å². The van der Waals surface area contributed by atoms with Crippen molar-refractivity contribution in [2.24, 2.45) is 0 Å². The topological polar surface area (TPSA) is 12.0 Å². The van der Waals surface area contributed by atoms with Gasteiger partial charge in [-0.1, -0.05) is 67.6 Å². The van der Waals surface area contributed by atoms with Crippen LogP contribution in [0.4, 0.5) is 0 Å². The van der Waals surface area contributed by atoms with E-state index in [0.29, 0.717) is 6.04 Å². The Hall–Kier alpha value is -1.60. The van der Waals surface area contributed by atoms with Crippen LogP contribution in [0.15, 0.2) is 60.7 Å². The van der Waals surface area contributed by atoms with Crippen molar-refractivity contribution in [2.75, 3.05) is 0 Å². The summed E-state index contributed by atoms with van der Waals surface area (Å²) in [7, 11) is 0. The molecule has 2 aromatic carbocycles. The molecule has 0 fully saturated rings. The molecule has 0 aliphatic heterocycles. The molecule has 0 saturated carbocycles. The lowest BCUT2D eigenvalue weighted by Gasteiger charge is -2.23. The molecule has 0 spiro atoms.